The zero-order valence-electron chi connectivity index (χ0n) is 23.3. The molecular weight excluding hydrogens is 579 g/mol. The summed E-state index contributed by atoms with van der Waals surface area (Å²) in [6.07, 6.45) is 8.64. The number of hydrogen-bond donors (Lipinski definition) is 1. The highest BCUT2D eigenvalue weighted by molar-refractivity contribution is 7.14. The second-order valence-electron chi connectivity index (χ2n) is 11.6. The van der Waals surface area contributed by atoms with Gasteiger partial charge in [-0.25, -0.2) is 9.97 Å². The van der Waals surface area contributed by atoms with Crippen molar-refractivity contribution in [1.29, 1.82) is 0 Å². The third-order valence-corrected chi connectivity index (χ3v) is 9.66. The molecule has 8 nitrogen and oxygen atoms in total. The van der Waals surface area contributed by atoms with E-state index < -0.39 is 17.0 Å². The molecular formula is C31H32ClFN4O4S. The van der Waals surface area contributed by atoms with Crippen LogP contribution in [-0.2, 0) is 20.8 Å². The highest BCUT2D eigenvalue weighted by Crippen LogP contribution is 2.43. The van der Waals surface area contributed by atoms with Gasteiger partial charge in [-0.15, -0.1) is 0 Å². The van der Waals surface area contributed by atoms with Crippen molar-refractivity contribution in [3.05, 3.63) is 46.2 Å². The molecule has 0 saturated heterocycles. The number of hydrogen-bond acceptors (Lipinski definition) is 6. The molecule has 2 amide bonds. The molecule has 42 heavy (non-hydrogen) atoms. The summed E-state index contributed by atoms with van der Waals surface area (Å²) in [7, 11) is 1.70. The SMILES string of the molecule is CN1C(=O)CCc2cc(-c3ccc(Cl)cc3-c3nc(N(C(=O)C(CC(=O)O)CC4CCCC4)C4CC4)sc3F)cnc21. The van der Waals surface area contributed by atoms with Gasteiger partial charge in [0.25, 0.3) is 0 Å². The lowest BCUT2D eigenvalue weighted by Gasteiger charge is -2.26. The lowest BCUT2D eigenvalue weighted by atomic mass is 9.90. The summed E-state index contributed by atoms with van der Waals surface area (Å²) in [6, 6.07) is 7.03. The Hall–Kier alpha value is -3.37. The quantitative estimate of drug-likeness (QED) is 0.288. The Bertz CT molecular complexity index is 1550. The molecule has 1 aliphatic heterocycles. The number of carbonyl (C=O) groups excluding carboxylic acids is 2. The summed E-state index contributed by atoms with van der Waals surface area (Å²) in [5.74, 6) is -1.01. The monoisotopic (exact) mass is 610 g/mol. The molecule has 1 aromatic carbocycles. The molecule has 3 aromatic rings. The van der Waals surface area contributed by atoms with E-state index in [1.54, 1.807) is 41.2 Å². The van der Waals surface area contributed by atoms with Crippen molar-refractivity contribution < 1.29 is 23.9 Å². The summed E-state index contributed by atoms with van der Waals surface area (Å²) in [6.45, 7) is 0. The number of aryl methyl sites for hydroxylation is 1. The number of pyridine rings is 1. The Labute approximate surface area is 252 Å². The number of carbonyl (C=O) groups is 3. The molecule has 220 valence electrons. The minimum atomic E-state index is -1.01. The van der Waals surface area contributed by atoms with Crippen LogP contribution in [0.3, 0.4) is 0 Å². The Kier molecular flexibility index (Phi) is 8.02. The molecule has 11 heteroatoms. The smallest absolute Gasteiger partial charge is 0.304 e. The number of nitrogens with zero attached hydrogens (tertiary/aromatic N) is 4. The molecule has 0 spiro atoms. The zero-order chi connectivity index (χ0) is 29.5. The number of anilines is 2. The second kappa shape index (κ2) is 11.7. The van der Waals surface area contributed by atoms with Crippen molar-refractivity contribution in [3.63, 3.8) is 0 Å². The van der Waals surface area contributed by atoms with Crippen LogP contribution < -0.4 is 9.80 Å². The van der Waals surface area contributed by atoms with Crippen molar-refractivity contribution in [2.75, 3.05) is 16.8 Å². The third-order valence-electron chi connectivity index (χ3n) is 8.58. The number of aliphatic carboxylic acids is 1. The lowest BCUT2D eigenvalue weighted by Crippen LogP contribution is -2.39. The number of benzene rings is 1. The van der Waals surface area contributed by atoms with Crippen LogP contribution in [0.25, 0.3) is 22.4 Å². The van der Waals surface area contributed by atoms with Gasteiger partial charge in [0.2, 0.25) is 16.9 Å². The standard InChI is InChI=1S/C31H32ClFN4O4S/c1-36-25(38)11-6-18-13-20(16-34-29(18)36)23-10-7-21(32)15-24(23)27-28(33)42-31(35-27)37(22-8-9-22)30(41)19(14-26(39)40)12-17-4-2-3-5-17/h7,10,13,15-17,19,22H,2-6,8-9,11-12,14H2,1H3,(H,39,40). The van der Waals surface area contributed by atoms with Crippen LogP contribution in [0.5, 0.6) is 0 Å². The van der Waals surface area contributed by atoms with Gasteiger partial charge in [0, 0.05) is 47.8 Å². The number of halogens is 2. The van der Waals surface area contributed by atoms with Crippen LogP contribution in [0, 0.1) is 17.0 Å². The first-order valence-corrected chi connectivity index (χ1v) is 15.7. The largest absolute Gasteiger partial charge is 0.481 e. The van der Waals surface area contributed by atoms with E-state index in [0.717, 1.165) is 61.0 Å². The van der Waals surface area contributed by atoms with Gasteiger partial charge in [0.1, 0.15) is 11.5 Å². The zero-order valence-corrected chi connectivity index (χ0v) is 24.9. The summed E-state index contributed by atoms with van der Waals surface area (Å²) < 4.78 is 15.8. The summed E-state index contributed by atoms with van der Waals surface area (Å²) >= 11 is 7.18. The fourth-order valence-electron chi connectivity index (χ4n) is 6.28. The van der Waals surface area contributed by atoms with E-state index in [1.807, 2.05) is 6.07 Å². The first-order chi connectivity index (χ1) is 20.2. The third kappa shape index (κ3) is 5.79. The van der Waals surface area contributed by atoms with Crippen LogP contribution in [0.15, 0.2) is 30.5 Å². The lowest BCUT2D eigenvalue weighted by molar-refractivity contribution is -0.141. The van der Waals surface area contributed by atoms with Gasteiger partial charge in [-0.1, -0.05) is 54.7 Å². The van der Waals surface area contributed by atoms with Crippen molar-refractivity contribution in [2.45, 2.75) is 70.3 Å². The van der Waals surface area contributed by atoms with Crippen LogP contribution in [0.2, 0.25) is 5.02 Å². The summed E-state index contributed by atoms with van der Waals surface area (Å²) in [4.78, 5) is 50.0. The fourth-order valence-corrected chi connectivity index (χ4v) is 7.34. The van der Waals surface area contributed by atoms with Crippen LogP contribution in [-0.4, -0.2) is 45.9 Å². The molecule has 2 fully saturated rings. The van der Waals surface area contributed by atoms with E-state index >= 15 is 4.39 Å². The van der Waals surface area contributed by atoms with E-state index in [1.165, 1.54) is 0 Å². The normalized spacial score (nSPS) is 17.8. The molecule has 1 atom stereocenters. The molecule has 1 unspecified atom stereocenters. The Morgan fingerprint density at radius 2 is 1.93 bits per heavy atom. The maximum Gasteiger partial charge on any atom is 0.304 e. The minimum Gasteiger partial charge on any atom is -0.481 e. The van der Waals surface area contributed by atoms with Gasteiger partial charge < -0.3 is 5.11 Å². The van der Waals surface area contributed by atoms with Crippen molar-refractivity contribution in [3.8, 4) is 22.4 Å². The number of fused-ring (bicyclic) bond motifs is 1. The van der Waals surface area contributed by atoms with E-state index in [-0.39, 0.29) is 35.1 Å². The van der Waals surface area contributed by atoms with E-state index in [9.17, 15) is 19.5 Å². The number of amides is 2. The number of carboxylic acid groups (broad SMARTS) is 1. The molecule has 1 N–H and O–H groups in total. The predicted octanol–water partition coefficient (Wildman–Crippen LogP) is 6.74. The van der Waals surface area contributed by atoms with E-state index in [4.69, 9.17) is 11.6 Å². The first kappa shape index (κ1) is 28.7. The van der Waals surface area contributed by atoms with Crippen molar-refractivity contribution >= 4 is 51.7 Å². The van der Waals surface area contributed by atoms with Gasteiger partial charge >= 0.3 is 5.97 Å². The summed E-state index contributed by atoms with van der Waals surface area (Å²) in [5, 5.41) is 9.70. The van der Waals surface area contributed by atoms with Crippen LogP contribution in [0.4, 0.5) is 15.3 Å². The van der Waals surface area contributed by atoms with Gasteiger partial charge in [0.05, 0.1) is 6.42 Å². The van der Waals surface area contributed by atoms with E-state index in [2.05, 4.69) is 9.97 Å². The van der Waals surface area contributed by atoms with E-state index in [0.29, 0.717) is 47.1 Å². The average Bonchev–Trinajstić information content (AvgIpc) is 3.51. The maximum absolute atomic E-state index is 15.8. The second-order valence-corrected chi connectivity index (χ2v) is 13.0. The molecule has 3 aliphatic rings. The van der Waals surface area contributed by atoms with Gasteiger partial charge in [-0.2, -0.15) is 4.39 Å². The molecule has 0 radical (unpaired) electrons. The average molecular weight is 611 g/mol. The Morgan fingerprint density at radius 1 is 1.17 bits per heavy atom. The highest BCUT2D eigenvalue weighted by Gasteiger charge is 2.40. The molecule has 0 bridgehead atoms. The fraction of sp³-hybridized carbons (Fsp3) is 0.452. The topological polar surface area (TPSA) is 104 Å². The predicted molar refractivity (Wildman–Crippen MR) is 160 cm³/mol. The molecule has 2 saturated carbocycles. The van der Waals surface area contributed by atoms with Crippen LogP contribution >= 0.6 is 22.9 Å². The Morgan fingerprint density at radius 3 is 2.64 bits per heavy atom. The van der Waals surface area contributed by atoms with Gasteiger partial charge in [-0.3, -0.25) is 24.2 Å². The number of thiazole rings is 1. The highest BCUT2D eigenvalue weighted by atomic mass is 35.5. The van der Waals surface area contributed by atoms with Crippen LogP contribution in [0.1, 0.15) is 63.4 Å². The number of carboxylic acids is 1. The van der Waals surface area contributed by atoms with Crippen molar-refractivity contribution in [1.82, 2.24) is 9.97 Å². The van der Waals surface area contributed by atoms with Gasteiger partial charge in [-0.05, 0) is 60.9 Å². The maximum atomic E-state index is 15.8. The van der Waals surface area contributed by atoms with Crippen molar-refractivity contribution in [2.24, 2.45) is 11.8 Å². The minimum absolute atomic E-state index is 0.00982. The molecule has 3 heterocycles. The number of aromatic nitrogens is 2. The first-order valence-electron chi connectivity index (χ1n) is 14.5. The molecule has 2 aromatic heterocycles. The van der Waals surface area contributed by atoms with Gasteiger partial charge in [0.15, 0.2) is 5.13 Å². The summed E-state index contributed by atoms with van der Waals surface area (Å²) in [5.41, 5.74) is 2.90. The number of rotatable bonds is 9. The Balaban J connectivity index is 1.35. The molecule has 6 rings (SSSR count). The molecule has 2 aliphatic carbocycles.